The first-order valence-corrected chi connectivity index (χ1v) is 7.67. The lowest BCUT2D eigenvalue weighted by atomic mass is 9.78. The molecule has 5 nitrogen and oxygen atoms in total. The predicted octanol–water partition coefficient (Wildman–Crippen LogP) is 2.34. The lowest BCUT2D eigenvalue weighted by Gasteiger charge is -2.36. The van der Waals surface area contributed by atoms with Gasteiger partial charge in [-0.05, 0) is 31.7 Å². The van der Waals surface area contributed by atoms with E-state index in [9.17, 15) is 5.11 Å². The predicted molar refractivity (Wildman–Crippen MR) is 97.8 cm³/mol. The maximum atomic E-state index is 10.0. The summed E-state index contributed by atoms with van der Waals surface area (Å²) in [5, 5.41) is 13.3. The van der Waals surface area contributed by atoms with Crippen molar-refractivity contribution in [1.29, 1.82) is 0 Å². The highest BCUT2D eigenvalue weighted by molar-refractivity contribution is 14.0. The molecule has 1 unspecified atom stereocenters. The van der Waals surface area contributed by atoms with Gasteiger partial charge in [0.05, 0.1) is 18.2 Å². The second-order valence-corrected chi connectivity index (χ2v) is 5.97. The van der Waals surface area contributed by atoms with Crippen molar-refractivity contribution in [2.45, 2.75) is 43.7 Å². The summed E-state index contributed by atoms with van der Waals surface area (Å²) in [6.45, 7) is 1.25. The summed E-state index contributed by atoms with van der Waals surface area (Å²) in [5.41, 5.74) is 6.60. The summed E-state index contributed by atoms with van der Waals surface area (Å²) in [7, 11) is 0. The van der Waals surface area contributed by atoms with Crippen molar-refractivity contribution in [1.82, 2.24) is 5.32 Å². The van der Waals surface area contributed by atoms with Gasteiger partial charge >= 0.3 is 0 Å². The lowest BCUT2D eigenvalue weighted by molar-refractivity contribution is -0.0377. The molecule has 1 aromatic carbocycles. The highest BCUT2D eigenvalue weighted by Crippen LogP contribution is 2.34. The third kappa shape index (κ3) is 4.04. The van der Waals surface area contributed by atoms with Gasteiger partial charge in [0.1, 0.15) is 5.75 Å². The minimum Gasteiger partial charge on any atom is -0.493 e. The fourth-order valence-electron chi connectivity index (χ4n) is 2.94. The molecule has 6 heteroatoms. The van der Waals surface area contributed by atoms with E-state index in [1.165, 1.54) is 0 Å². The molecular weight excluding hydrogens is 393 g/mol. The van der Waals surface area contributed by atoms with E-state index in [0.717, 1.165) is 37.0 Å². The standard InChI is InChI=1S/C16H23N3O2.HI/c17-15(18-10-9-16(20)7-3-8-16)19-13-6-11-21-14-5-2-1-4-12(13)14;/h1-2,4-5,13,20H,3,6-11H2,(H3,17,18,19);1H. The number of aliphatic hydroxyl groups is 1. The fraction of sp³-hybridized carbons (Fsp3) is 0.562. The van der Waals surface area contributed by atoms with Gasteiger partial charge < -0.3 is 20.9 Å². The van der Waals surface area contributed by atoms with Gasteiger partial charge in [-0.3, -0.25) is 4.99 Å². The highest BCUT2D eigenvalue weighted by atomic mass is 127. The Morgan fingerprint density at radius 3 is 2.91 bits per heavy atom. The van der Waals surface area contributed by atoms with E-state index in [1.54, 1.807) is 0 Å². The lowest BCUT2D eigenvalue weighted by Crippen LogP contribution is -2.39. The van der Waals surface area contributed by atoms with Crippen molar-refractivity contribution in [3.05, 3.63) is 29.8 Å². The molecule has 1 aromatic rings. The summed E-state index contributed by atoms with van der Waals surface area (Å²) in [6, 6.07) is 8.14. The van der Waals surface area contributed by atoms with E-state index in [-0.39, 0.29) is 30.0 Å². The van der Waals surface area contributed by atoms with Crippen LogP contribution in [0.3, 0.4) is 0 Å². The monoisotopic (exact) mass is 417 g/mol. The van der Waals surface area contributed by atoms with Crippen LogP contribution in [0, 0.1) is 0 Å². The molecule has 3 rings (SSSR count). The Hall–Kier alpha value is -1.02. The highest BCUT2D eigenvalue weighted by Gasteiger charge is 2.33. The van der Waals surface area contributed by atoms with Crippen LogP contribution in [-0.2, 0) is 0 Å². The van der Waals surface area contributed by atoms with Gasteiger partial charge in [-0.1, -0.05) is 18.2 Å². The number of para-hydroxylation sites is 1. The smallest absolute Gasteiger partial charge is 0.189 e. The van der Waals surface area contributed by atoms with Crippen LogP contribution in [0.25, 0.3) is 0 Å². The minimum atomic E-state index is -0.491. The maximum Gasteiger partial charge on any atom is 0.189 e. The molecular formula is C16H24IN3O2. The average Bonchev–Trinajstić information content (AvgIpc) is 2.46. The Morgan fingerprint density at radius 1 is 1.41 bits per heavy atom. The van der Waals surface area contributed by atoms with E-state index in [2.05, 4.69) is 16.4 Å². The number of rotatable bonds is 4. The van der Waals surface area contributed by atoms with Crippen LogP contribution < -0.4 is 15.8 Å². The summed E-state index contributed by atoms with van der Waals surface area (Å²) in [5.74, 6) is 1.36. The van der Waals surface area contributed by atoms with Crippen molar-refractivity contribution in [3.63, 3.8) is 0 Å². The van der Waals surface area contributed by atoms with Gasteiger partial charge in [0.2, 0.25) is 0 Å². The molecule has 1 aliphatic carbocycles. The van der Waals surface area contributed by atoms with Gasteiger partial charge in [0.25, 0.3) is 0 Å². The molecule has 0 spiro atoms. The Kier molecular flexibility index (Phi) is 5.91. The summed E-state index contributed by atoms with van der Waals surface area (Å²) < 4.78 is 5.63. The molecule has 0 amide bonds. The summed E-state index contributed by atoms with van der Waals surface area (Å²) in [4.78, 5) is 4.34. The van der Waals surface area contributed by atoms with E-state index in [1.807, 2.05) is 18.2 Å². The fourth-order valence-corrected chi connectivity index (χ4v) is 2.94. The van der Waals surface area contributed by atoms with Gasteiger partial charge in [-0.2, -0.15) is 0 Å². The van der Waals surface area contributed by atoms with Crippen molar-refractivity contribution in [3.8, 4) is 5.75 Å². The van der Waals surface area contributed by atoms with E-state index < -0.39 is 5.60 Å². The van der Waals surface area contributed by atoms with Gasteiger partial charge in [-0.15, -0.1) is 24.0 Å². The number of nitrogens with zero attached hydrogens (tertiary/aromatic N) is 1. The second-order valence-electron chi connectivity index (χ2n) is 5.97. The third-order valence-corrected chi connectivity index (χ3v) is 4.42. The van der Waals surface area contributed by atoms with Crippen LogP contribution in [0.15, 0.2) is 29.3 Å². The number of ether oxygens (including phenoxy) is 1. The number of nitrogens with two attached hydrogens (primary N) is 1. The Bertz CT molecular complexity index is 532. The van der Waals surface area contributed by atoms with Crippen molar-refractivity contribution >= 4 is 29.9 Å². The zero-order valence-electron chi connectivity index (χ0n) is 12.6. The van der Waals surface area contributed by atoms with E-state index in [4.69, 9.17) is 10.5 Å². The summed E-state index contributed by atoms with van der Waals surface area (Å²) in [6.07, 6.45) is 4.47. The number of aliphatic imine (C=N–C) groups is 1. The zero-order valence-corrected chi connectivity index (χ0v) is 15.0. The van der Waals surface area contributed by atoms with Crippen LogP contribution in [0.4, 0.5) is 0 Å². The van der Waals surface area contributed by atoms with Crippen LogP contribution in [0.1, 0.15) is 43.7 Å². The van der Waals surface area contributed by atoms with Crippen LogP contribution in [0.5, 0.6) is 5.75 Å². The first-order chi connectivity index (χ1) is 10.2. The second kappa shape index (κ2) is 7.50. The van der Waals surface area contributed by atoms with Gasteiger partial charge in [0, 0.05) is 18.5 Å². The topological polar surface area (TPSA) is 79.9 Å². The largest absolute Gasteiger partial charge is 0.493 e. The number of benzene rings is 1. The first-order valence-electron chi connectivity index (χ1n) is 7.67. The average molecular weight is 417 g/mol. The Morgan fingerprint density at radius 2 is 2.18 bits per heavy atom. The zero-order chi connectivity index (χ0) is 14.7. The van der Waals surface area contributed by atoms with Crippen LogP contribution in [-0.4, -0.2) is 29.8 Å². The Balaban J connectivity index is 0.00000176. The number of halogens is 1. The number of fused-ring (bicyclic) bond motifs is 1. The number of guanidine groups is 1. The molecule has 1 aliphatic heterocycles. The van der Waals surface area contributed by atoms with Crippen LogP contribution in [0.2, 0.25) is 0 Å². The molecule has 0 bridgehead atoms. The molecule has 4 N–H and O–H groups in total. The quantitative estimate of drug-likeness (QED) is 0.399. The number of nitrogens with one attached hydrogen (secondary N) is 1. The Labute approximate surface area is 148 Å². The molecule has 22 heavy (non-hydrogen) atoms. The molecule has 0 aromatic heterocycles. The molecule has 1 saturated carbocycles. The van der Waals surface area contributed by atoms with E-state index >= 15 is 0 Å². The molecule has 0 radical (unpaired) electrons. The van der Waals surface area contributed by atoms with Crippen molar-refractivity contribution in [2.75, 3.05) is 13.2 Å². The molecule has 1 heterocycles. The number of hydrogen-bond acceptors (Lipinski definition) is 3. The molecule has 1 fully saturated rings. The maximum absolute atomic E-state index is 10.0. The third-order valence-electron chi connectivity index (χ3n) is 4.42. The van der Waals surface area contributed by atoms with Crippen LogP contribution >= 0.6 is 24.0 Å². The minimum absolute atomic E-state index is 0. The molecule has 2 aliphatic rings. The van der Waals surface area contributed by atoms with Crippen molar-refractivity contribution in [2.24, 2.45) is 10.7 Å². The normalized spacial score (nSPS) is 22.6. The first kappa shape index (κ1) is 17.3. The molecule has 122 valence electrons. The van der Waals surface area contributed by atoms with Crippen molar-refractivity contribution < 1.29 is 9.84 Å². The summed E-state index contributed by atoms with van der Waals surface area (Å²) >= 11 is 0. The van der Waals surface area contributed by atoms with E-state index in [0.29, 0.717) is 25.5 Å². The van der Waals surface area contributed by atoms with Gasteiger partial charge in [-0.25, -0.2) is 0 Å². The number of hydrogen-bond donors (Lipinski definition) is 3. The molecule has 0 saturated heterocycles. The van der Waals surface area contributed by atoms with Gasteiger partial charge in [0.15, 0.2) is 5.96 Å². The molecule has 1 atom stereocenters. The SMILES string of the molecule is I.NC(=NCCC1(O)CCC1)NC1CCOc2ccccc21.